The summed E-state index contributed by atoms with van der Waals surface area (Å²) in [5.74, 6) is 0. The van der Waals surface area contributed by atoms with E-state index < -0.39 is 0 Å². The van der Waals surface area contributed by atoms with Crippen LogP contribution in [0.2, 0.25) is 0 Å². The van der Waals surface area contributed by atoms with Gasteiger partial charge >= 0.3 is 0 Å². The van der Waals surface area contributed by atoms with Crippen LogP contribution in [0.5, 0.6) is 0 Å². The number of anilines is 3. The Bertz CT molecular complexity index is 4240. The highest BCUT2D eigenvalue weighted by molar-refractivity contribution is 7.02. The number of aromatic nitrogens is 1. The largest absolute Gasteiger partial charge is 0.311 e. The second-order valence-corrected chi connectivity index (χ2v) is 22.0. The van der Waals surface area contributed by atoms with Gasteiger partial charge < -0.3 is 9.47 Å². The quantitative estimate of drug-likeness (QED) is 0.123. The summed E-state index contributed by atoms with van der Waals surface area (Å²) in [5, 5.41) is 7.79. The Morgan fingerprint density at radius 1 is 0.417 bits per heavy atom. The van der Waals surface area contributed by atoms with Crippen LogP contribution in [-0.2, 0) is 10.8 Å². The first-order valence-corrected chi connectivity index (χ1v) is 25.6. The molecule has 3 heteroatoms. The number of hydrogen-bond acceptors (Lipinski definition) is 1. The Kier molecular flexibility index (Phi) is 8.52. The zero-order valence-corrected chi connectivity index (χ0v) is 41.3. The molecule has 0 unspecified atom stereocenters. The minimum atomic E-state index is -0.363. The minimum Gasteiger partial charge on any atom is -0.311 e. The molecule has 0 amide bonds. The van der Waals surface area contributed by atoms with Crippen LogP contribution in [0.4, 0.5) is 17.1 Å². The molecule has 0 aliphatic carbocycles. The summed E-state index contributed by atoms with van der Waals surface area (Å²) in [7, 11) is 0. The van der Waals surface area contributed by atoms with Crippen LogP contribution in [0.1, 0.15) is 51.3 Å². The van der Waals surface area contributed by atoms with Crippen molar-refractivity contribution in [2.75, 3.05) is 4.90 Å². The number of hydrogen-bond donors (Lipinski definition) is 0. The Morgan fingerprint density at radius 2 is 1.04 bits per heavy atom. The lowest BCUT2D eigenvalue weighted by Crippen LogP contribution is -2.61. The third-order valence-electron chi connectivity index (χ3n) is 16.7. The summed E-state index contributed by atoms with van der Waals surface area (Å²) in [6.45, 7) is 11.7. The molecule has 12 aromatic rings. The van der Waals surface area contributed by atoms with Gasteiger partial charge in [0.1, 0.15) is 0 Å². The maximum atomic E-state index is 2.69. The van der Waals surface area contributed by atoms with E-state index >= 15 is 0 Å². The monoisotopic (exact) mass is 918 g/mol. The molecule has 0 N–H and O–H groups in total. The second-order valence-electron chi connectivity index (χ2n) is 22.0. The zero-order chi connectivity index (χ0) is 48.2. The predicted molar refractivity (Wildman–Crippen MR) is 308 cm³/mol. The number of rotatable bonds is 5. The first-order chi connectivity index (χ1) is 35.1. The topological polar surface area (TPSA) is 8.17 Å². The maximum Gasteiger partial charge on any atom is 0.253 e. The molecule has 0 atom stereocenters. The Morgan fingerprint density at radius 3 is 1.71 bits per heavy atom. The molecule has 340 valence electrons. The van der Waals surface area contributed by atoms with Gasteiger partial charge in [-0.2, -0.15) is 0 Å². The molecule has 0 fully saturated rings. The third kappa shape index (κ3) is 5.68. The van der Waals surface area contributed by atoms with Crippen LogP contribution >= 0.6 is 0 Å². The molecule has 1 aromatic heterocycles. The molecule has 0 spiro atoms. The number of benzene rings is 11. The van der Waals surface area contributed by atoms with Crippen LogP contribution in [0.25, 0.3) is 93.5 Å². The lowest BCUT2D eigenvalue weighted by molar-refractivity contribution is 0.590. The van der Waals surface area contributed by atoms with Gasteiger partial charge in [-0.15, -0.1) is 0 Å². The predicted octanol–water partition coefficient (Wildman–Crippen LogP) is 16.3. The van der Waals surface area contributed by atoms with Crippen LogP contribution in [0, 0.1) is 0 Å². The molecule has 0 saturated carbocycles. The fraction of sp³-hybridized carbons (Fsp3) is 0.101. The second kappa shape index (κ2) is 14.8. The van der Waals surface area contributed by atoms with Crippen LogP contribution in [0.15, 0.2) is 218 Å². The van der Waals surface area contributed by atoms with Gasteiger partial charge in [-0.25, -0.2) is 0 Å². The fourth-order valence-corrected chi connectivity index (χ4v) is 13.2. The van der Waals surface area contributed by atoms with E-state index in [4.69, 9.17) is 0 Å². The van der Waals surface area contributed by atoms with Crippen molar-refractivity contribution < 1.29 is 0 Å². The smallest absolute Gasteiger partial charge is 0.253 e. The normalized spacial score (nSPS) is 14.0. The van der Waals surface area contributed by atoms with Gasteiger partial charge in [0.25, 0.3) is 6.71 Å². The van der Waals surface area contributed by atoms with Gasteiger partial charge in [0, 0.05) is 38.9 Å². The van der Waals surface area contributed by atoms with E-state index in [0.29, 0.717) is 0 Å². The van der Waals surface area contributed by atoms with E-state index in [9.17, 15) is 0 Å². The average molecular weight is 919 g/mol. The molecular formula is C69H51BN2. The summed E-state index contributed by atoms with van der Waals surface area (Å²) < 4.78 is 2.69. The van der Waals surface area contributed by atoms with Gasteiger partial charge in [0.2, 0.25) is 0 Å². The molecule has 3 aliphatic heterocycles. The van der Waals surface area contributed by atoms with Crippen molar-refractivity contribution >= 4 is 83.5 Å². The lowest BCUT2D eigenvalue weighted by Gasteiger charge is -2.43. The van der Waals surface area contributed by atoms with Crippen molar-refractivity contribution in [3.8, 4) is 50.2 Å². The minimum absolute atomic E-state index is 0.0189. The Hall–Kier alpha value is -8.40. The van der Waals surface area contributed by atoms with Gasteiger partial charge in [0.15, 0.2) is 0 Å². The molecule has 3 aliphatic rings. The van der Waals surface area contributed by atoms with Crippen molar-refractivity contribution in [3.63, 3.8) is 0 Å². The lowest BCUT2D eigenvalue weighted by atomic mass is 9.32. The zero-order valence-electron chi connectivity index (χ0n) is 41.3. The first-order valence-electron chi connectivity index (χ1n) is 25.6. The van der Waals surface area contributed by atoms with E-state index in [1.54, 1.807) is 0 Å². The van der Waals surface area contributed by atoms with Crippen molar-refractivity contribution in [3.05, 3.63) is 235 Å². The molecule has 4 heterocycles. The molecule has 72 heavy (non-hydrogen) atoms. The molecule has 15 rings (SSSR count). The highest BCUT2D eigenvalue weighted by Gasteiger charge is 2.46. The number of nitrogens with zero attached hydrogens (tertiary/aromatic N) is 2. The van der Waals surface area contributed by atoms with Crippen LogP contribution in [0.3, 0.4) is 0 Å². The SMILES string of the molecule is CC(C)(C)c1ccc(N2c3ccc4cc3B3c5c2cc(-c2ccccc2)cc5-n2c5cc(-c6ccccc6)ccc5c5cc6c(-c7ccccc7)c7cccc(c7c(-c7ccccc7)c6c3c52)C4(C)C)cc1. The van der Waals surface area contributed by atoms with Crippen molar-refractivity contribution in [1.29, 1.82) is 0 Å². The molecular weight excluding hydrogens is 868 g/mol. The molecule has 4 bridgehead atoms. The Balaban J connectivity index is 1.22. The average Bonchev–Trinajstić information content (AvgIpc) is 3.74. The summed E-state index contributed by atoms with van der Waals surface area (Å²) in [6.07, 6.45) is 0. The van der Waals surface area contributed by atoms with E-state index in [-0.39, 0.29) is 17.5 Å². The molecule has 0 saturated heterocycles. The van der Waals surface area contributed by atoms with Gasteiger partial charge in [-0.3, -0.25) is 0 Å². The van der Waals surface area contributed by atoms with Gasteiger partial charge in [-0.1, -0.05) is 211 Å². The summed E-state index contributed by atoms with van der Waals surface area (Å²) in [5.41, 5.74) is 25.0. The summed E-state index contributed by atoms with van der Waals surface area (Å²) in [6, 6.07) is 83.4. The highest BCUT2D eigenvalue weighted by atomic mass is 15.2. The molecule has 0 radical (unpaired) electrons. The maximum absolute atomic E-state index is 2.69. The molecule has 11 aromatic carbocycles. The van der Waals surface area contributed by atoms with Crippen molar-refractivity contribution in [1.82, 2.24) is 4.57 Å². The fourth-order valence-electron chi connectivity index (χ4n) is 13.2. The van der Waals surface area contributed by atoms with Crippen LogP contribution < -0.4 is 21.3 Å². The van der Waals surface area contributed by atoms with Crippen LogP contribution in [-0.4, -0.2) is 11.3 Å². The summed E-state index contributed by atoms with van der Waals surface area (Å²) >= 11 is 0. The van der Waals surface area contributed by atoms with Gasteiger partial charge in [0.05, 0.1) is 11.0 Å². The summed E-state index contributed by atoms with van der Waals surface area (Å²) in [4.78, 5) is 2.60. The van der Waals surface area contributed by atoms with Crippen molar-refractivity contribution in [2.45, 2.75) is 45.4 Å². The number of fused-ring (bicyclic) bond motifs is 5. The van der Waals surface area contributed by atoms with E-state index in [0.717, 1.165) is 5.69 Å². The Labute approximate surface area is 421 Å². The first kappa shape index (κ1) is 41.4. The van der Waals surface area contributed by atoms with E-state index in [1.165, 1.54) is 138 Å². The van der Waals surface area contributed by atoms with Crippen molar-refractivity contribution in [2.24, 2.45) is 0 Å². The highest BCUT2D eigenvalue weighted by Crippen LogP contribution is 2.53. The van der Waals surface area contributed by atoms with E-state index in [1.807, 2.05) is 0 Å². The molecule has 2 nitrogen and oxygen atoms in total. The van der Waals surface area contributed by atoms with E-state index in [2.05, 4.69) is 262 Å². The third-order valence-corrected chi connectivity index (χ3v) is 16.7. The standard InChI is InChI=1S/C69H51BN2/c1-68(2,3)48-30-33-50(34-31-48)71-57-36-32-49-40-56(57)70-65-59(71)38-47(43-21-12-7-13-22-43)39-60(65)72-58-37-46(42-19-10-6-11-20-42)29-35-51(58)53-41-54-61(44-23-14-8-15-24-44)52-27-18-28-55(69(49,4)5)63(52)62(45-25-16-9-17-26-45)64(54)66(70)67(53)72/h6-41H,1-5H3. The van der Waals surface area contributed by atoms with Gasteiger partial charge in [-0.05, 0) is 147 Å².